The first-order valence-corrected chi connectivity index (χ1v) is 7.20. The minimum atomic E-state index is 0.731. The average Bonchev–Trinajstić information content (AvgIpc) is 2.42. The molecule has 0 aliphatic heterocycles. The van der Waals surface area contributed by atoms with Crippen LogP contribution in [-0.2, 0) is 13.5 Å². The van der Waals surface area contributed by atoms with E-state index in [0.29, 0.717) is 0 Å². The van der Waals surface area contributed by atoms with E-state index in [9.17, 15) is 0 Å². The van der Waals surface area contributed by atoms with E-state index in [0.717, 1.165) is 16.4 Å². The molecule has 1 heterocycles. The maximum absolute atomic E-state index is 4.42. The van der Waals surface area contributed by atoms with E-state index >= 15 is 0 Å². The van der Waals surface area contributed by atoms with Gasteiger partial charge in [0.1, 0.15) is 0 Å². The van der Waals surface area contributed by atoms with Crippen LogP contribution in [0.15, 0.2) is 6.07 Å². The quantitative estimate of drug-likeness (QED) is 0.599. The molecule has 0 saturated heterocycles. The Balaban J connectivity index is 2.00. The summed E-state index contributed by atoms with van der Waals surface area (Å²) >= 11 is 3.79. The third-order valence-electron chi connectivity index (χ3n) is 3.57. The van der Waals surface area contributed by atoms with Gasteiger partial charge in [-0.05, 0) is 38.2 Å². The van der Waals surface area contributed by atoms with Crippen molar-refractivity contribution < 1.29 is 0 Å². The molecule has 1 aromatic rings. The highest BCUT2D eigenvalue weighted by Crippen LogP contribution is 2.30. The van der Waals surface area contributed by atoms with Gasteiger partial charge in [-0.2, -0.15) is 5.10 Å². The molecule has 1 aliphatic carbocycles. The Morgan fingerprint density at radius 3 is 2.88 bits per heavy atom. The number of hydrogen-bond donors (Lipinski definition) is 0. The summed E-state index contributed by atoms with van der Waals surface area (Å²) in [6, 6.07) is 2.23. The molecule has 16 heavy (non-hydrogen) atoms. The lowest BCUT2D eigenvalue weighted by atomic mass is 9.95. The number of alkyl halides is 1. The summed E-state index contributed by atoms with van der Waals surface area (Å²) in [6.45, 7) is 2.07. The van der Waals surface area contributed by atoms with Gasteiger partial charge in [-0.1, -0.05) is 35.2 Å². The van der Waals surface area contributed by atoms with Crippen LogP contribution < -0.4 is 0 Å². The van der Waals surface area contributed by atoms with E-state index in [2.05, 4.69) is 41.1 Å². The van der Waals surface area contributed by atoms with Crippen molar-refractivity contribution in [3.8, 4) is 0 Å². The summed E-state index contributed by atoms with van der Waals surface area (Å²) in [5.41, 5.74) is 2.53. The zero-order valence-electron chi connectivity index (χ0n) is 10.2. The van der Waals surface area contributed by atoms with Crippen molar-refractivity contribution in [1.29, 1.82) is 0 Å². The Kier molecular flexibility index (Phi) is 4.06. The number of nitrogens with zero attached hydrogens (tertiary/aromatic N) is 2. The molecule has 2 atom stereocenters. The zero-order chi connectivity index (χ0) is 11.5. The molecule has 3 heteroatoms. The smallest absolute Gasteiger partial charge is 0.0596 e. The fraction of sp³-hybridized carbons (Fsp3) is 0.769. The molecule has 0 amide bonds. The molecule has 0 bridgehead atoms. The standard InChI is InChI=1S/C13H21BrN2/c1-10-7-13(16(2)15-10)9-11-5-3-4-6-12(14)8-11/h7,11-12H,3-6,8-9H2,1-2H3. The van der Waals surface area contributed by atoms with Crippen molar-refractivity contribution in [1.82, 2.24) is 9.78 Å². The van der Waals surface area contributed by atoms with Gasteiger partial charge in [0.05, 0.1) is 5.69 Å². The molecular weight excluding hydrogens is 264 g/mol. The zero-order valence-corrected chi connectivity index (χ0v) is 11.8. The van der Waals surface area contributed by atoms with Gasteiger partial charge in [-0.15, -0.1) is 0 Å². The number of aryl methyl sites for hydroxylation is 2. The van der Waals surface area contributed by atoms with Crippen molar-refractivity contribution in [2.75, 3.05) is 0 Å². The molecule has 1 saturated carbocycles. The van der Waals surface area contributed by atoms with Gasteiger partial charge in [0, 0.05) is 17.6 Å². The van der Waals surface area contributed by atoms with Crippen LogP contribution in [0.25, 0.3) is 0 Å². The second-order valence-electron chi connectivity index (χ2n) is 5.09. The lowest BCUT2D eigenvalue weighted by Gasteiger charge is -2.15. The summed E-state index contributed by atoms with van der Waals surface area (Å²) in [6.07, 6.45) is 8.03. The molecule has 1 fully saturated rings. The average molecular weight is 285 g/mol. The van der Waals surface area contributed by atoms with E-state index in [1.807, 2.05) is 4.68 Å². The molecule has 0 radical (unpaired) electrons. The van der Waals surface area contributed by atoms with Gasteiger partial charge in [0.15, 0.2) is 0 Å². The lowest BCUT2D eigenvalue weighted by molar-refractivity contribution is 0.449. The largest absolute Gasteiger partial charge is 0.272 e. The van der Waals surface area contributed by atoms with Crippen molar-refractivity contribution in [3.63, 3.8) is 0 Å². The van der Waals surface area contributed by atoms with E-state index < -0.39 is 0 Å². The molecule has 1 aliphatic rings. The van der Waals surface area contributed by atoms with E-state index in [4.69, 9.17) is 0 Å². The number of halogens is 1. The van der Waals surface area contributed by atoms with Gasteiger partial charge >= 0.3 is 0 Å². The van der Waals surface area contributed by atoms with Crippen molar-refractivity contribution >= 4 is 15.9 Å². The van der Waals surface area contributed by atoms with Crippen LogP contribution in [0.2, 0.25) is 0 Å². The van der Waals surface area contributed by atoms with Gasteiger partial charge in [-0.3, -0.25) is 4.68 Å². The highest BCUT2D eigenvalue weighted by Gasteiger charge is 2.19. The first-order valence-electron chi connectivity index (χ1n) is 6.28. The molecule has 0 N–H and O–H groups in total. The highest BCUT2D eigenvalue weighted by molar-refractivity contribution is 9.09. The highest BCUT2D eigenvalue weighted by atomic mass is 79.9. The second-order valence-corrected chi connectivity index (χ2v) is 6.38. The summed E-state index contributed by atoms with van der Waals surface area (Å²) in [5, 5.41) is 4.42. The van der Waals surface area contributed by atoms with E-state index in [-0.39, 0.29) is 0 Å². The normalized spacial score (nSPS) is 26.7. The molecule has 2 nitrogen and oxygen atoms in total. The molecule has 1 aromatic heterocycles. The van der Waals surface area contributed by atoms with Crippen LogP contribution in [0.3, 0.4) is 0 Å². The fourth-order valence-electron chi connectivity index (χ4n) is 2.73. The predicted molar refractivity (Wildman–Crippen MR) is 70.9 cm³/mol. The summed E-state index contributed by atoms with van der Waals surface area (Å²) in [5.74, 6) is 0.835. The molecular formula is C13H21BrN2. The molecule has 90 valence electrons. The van der Waals surface area contributed by atoms with Gasteiger partial charge < -0.3 is 0 Å². The number of aromatic nitrogens is 2. The topological polar surface area (TPSA) is 17.8 Å². The third-order valence-corrected chi connectivity index (χ3v) is 4.40. The van der Waals surface area contributed by atoms with Crippen LogP contribution in [0.1, 0.15) is 43.5 Å². The third kappa shape index (κ3) is 3.09. The van der Waals surface area contributed by atoms with Gasteiger partial charge in [-0.25, -0.2) is 0 Å². The lowest BCUT2D eigenvalue weighted by Crippen LogP contribution is -2.11. The maximum Gasteiger partial charge on any atom is 0.0596 e. The second kappa shape index (κ2) is 5.35. The predicted octanol–water partition coefficient (Wildman–Crippen LogP) is 3.61. The number of rotatable bonds is 2. The molecule has 2 rings (SSSR count). The van der Waals surface area contributed by atoms with Gasteiger partial charge in [0.2, 0.25) is 0 Å². The van der Waals surface area contributed by atoms with Crippen molar-refractivity contribution in [3.05, 3.63) is 17.5 Å². The Morgan fingerprint density at radius 2 is 2.19 bits per heavy atom. The Morgan fingerprint density at radius 1 is 1.44 bits per heavy atom. The first-order chi connectivity index (χ1) is 7.65. The van der Waals surface area contributed by atoms with Crippen LogP contribution in [0.5, 0.6) is 0 Å². The minimum absolute atomic E-state index is 0.731. The Hall–Kier alpha value is -0.310. The van der Waals surface area contributed by atoms with E-state index in [1.54, 1.807) is 0 Å². The van der Waals surface area contributed by atoms with E-state index in [1.165, 1.54) is 44.2 Å². The molecule has 0 spiro atoms. The molecule has 2 unspecified atom stereocenters. The van der Waals surface area contributed by atoms with Crippen molar-refractivity contribution in [2.24, 2.45) is 13.0 Å². The summed E-state index contributed by atoms with van der Waals surface area (Å²) in [7, 11) is 2.06. The minimum Gasteiger partial charge on any atom is -0.272 e. The Bertz CT molecular complexity index is 346. The van der Waals surface area contributed by atoms with Crippen molar-refractivity contribution in [2.45, 2.75) is 50.3 Å². The maximum atomic E-state index is 4.42. The monoisotopic (exact) mass is 284 g/mol. The van der Waals surface area contributed by atoms with Crippen LogP contribution in [0.4, 0.5) is 0 Å². The Labute approximate surface area is 107 Å². The van der Waals surface area contributed by atoms with Crippen LogP contribution in [-0.4, -0.2) is 14.6 Å². The van der Waals surface area contributed by atoms with Gasteiger partial charge in [0.25, 0.3) is 0 Å². The number of hydrogen-bond acceptors (Lipinski definition) is 1. The SMILES string of the molecule is Cc1cc(CC2CCCCC(Br)C2)n(C)n1. The molecule has 0 aromatic carbocycles. The summed E-state index contributed by atoms with van der Waals surface area (Å²) < 4.78 is 2.05. The first kappa shape index (κ1) is 12.2. The van der Waals surface area contributed by atoms with Crippen LogP contribution >= 0.6 is 15.9 Å². The van der Waals surface area contributed by atoms with Crippen LogP contribution in [0, 0.1) is 12.8 Å². The fourth-order valence-corrected chi connectivity index (χ4v) is 3.59. The summed E-state index contributed by atoms with van der Waals surface area (Å²) in [4.78, 5) is 0.731.